The van der Waals surface area contributed by atoms with Crippen LogP contribution in [0.15, 0.2) is 18.2 Å². The lowest BCUT2D eigenvalue weighted by Crippen LogP contribution is -2.42. The summed E-state index contributed by atoms with van der Waals surface area (Å²) in [5.74, 6) is 0. The van der Waals surface area contributed by atoms with E-state index < -0.39 is 0 Å². The van der Waals surface area contributed by atoms with E-state index in [1.54, 1.807) is 0 Å². The molecule has 1 aromatic rings. The maximum Gasteiger partial charge on any atom is 0.319 e. The van der Waals surface area contributed by atoms with Gasteiger partial charge in [-0.2, -0.15) is 0 Å². The average molecular weight is 334 g/mol. The van der Waals surface area contributed by atoms with Crippen molar-refractivity contribution in [2.75, 3.05) is 50.1 Å². The highest BCUT2D eigenvalue weighted by Crippen LogP contribution is 2.29. The van der Waals surface area contributed by atoms with Gasteiger partial charge < -0.3 is 25.5 Å². The monoisotopic (exact) mass is 334 g/mol. The Hall–Kier alpha value is -1.79. The molecule has 134 valence electrons. The lowest BCUT2D eigenvalue weighted by molar-refractivity contribution is 0.206. The number of anilines is 2. The number of nitrogens with zero attached hydrogens (tertiary/aromatic N) is 2. The molecule has 1 heterocycles. The molecule has 1 aliphatic heterocycles. The summed E-state index contributed by atoms with van der Waals surface area (Å²) in [7, 11) is 2.06. The summed E-state index contributed by atoms with van der Waals surface area (Å²) in [4.78, 5) is 16.7. The molecule has 0 bridgehead atoms. The van der Waals surface area contributed by atoms with Gasteiger partial charge in [0.05, 0.1) is 12.6 Å². The first-order valence-electron chi connectivity index (χ1n) is 8.82. The van der Waals surface area contributed by atoms with E-state index >= 15 is 0 Å². The number of amides is 2. The minimum Gasteiger partial charge on any atom is -0.394 e. The molecule has 0 saturated heterocycles. The molecule has 0 radical (unpaired) electrons. The maximum absolute atomic E-state index is 12.2. The Morgan fingerprint density at radius 2 is 2.12 bits per heavy atom. The molecule has 0 aromatic heterocycles. The second-order valence-corrected chi connectivity index (χ2v) is 6.31. The molecule has 1 aliphatic rings. The van der Waals surface area contributed by atoms with Crippen molar-refractivity contribution in [2.45, 2.75) is 32.7 Å². The van der Waals surface area contributed by atoms with E-state index in [1.807, 2.05) is 12.1 Å². The largest absolute Gasteiger partial charge is 0.394 e. The lowest BCUT2D eigenvalue weighted by atomic mass is 10.1. The number of hydrogen-bond acceptors (Lipinski definition) is 4. The predicted molar refractivity (Wildman–Crippen MR) is 98.8 cm³/mol. The van der Waals surface area contributed by atoms with Crippen LogP contribution < -0.4 is 15.5 Å². The van der Waals surface area contributed by atoms with Crippen molar-refractivity contribution >= 4 is 17.4 Å². The number of hydrogen-bond donors (Lipinski definition) is 3. The van der Waals surface area contributed by atoms with Crippen molar-refractivity contribution in [3.05, 3.63) is 23.8 Å². The maximum atomic E-state index is 12.2. The molecule has 0 aliphatic carbocycles. The second-order valence-electron chi connectivity index (χ2n) is 6.31. The zero-order valence-corrected chi connectivity index (χ0v) is 15.0. The number of carbonyl (C=O) groups is 1. The molecule has 3 N–H and O–H groups in total. The highest BCUT2D eigenvalue weighted by molar-refractivity contribution is 5.90. The third kappa shape index (κ3) is 4.85. The average Bonchev–Trinajstić information content (AvgIpc) is 2.95. The number of rotatable bonds is 8. The van der Waals surface area contributed by atoms with Gasteiger partial charge >= 0.3 is 6.03 Å². The van der Waals surface area contributed by atoms with E-state index in [9.17, 15) is 9.90 Å². The van der Waals surface area contributed by atoms with Crippen LogP contribution in [-0.2, 0) is 6.42 Å². The van der Waals surface area contributed by atoms with E-state index in [2.05, 4.69) is 47.4 Å². The molecule has 24 heavy (non-hydrogen) atoms. The van der Waals surface area contributed by atoms with Gasteiger partial charge in [-0.05, 0) is 43.6 Å². The molecule has 0 saturated carbocycles. The molecule has 6 heteroatoms. The fourth-order valence-electron chi connectivity index (χ4n) is 3.06. The number of aliphatic hydroxyl groups is 1. The zero-order chi connectivity index (χ0) is 17.5. The Balaban J connectivity index is 1.86. The van der Waals surface area contributed by atoms with Crippen LogP contribution in [0, 0.1) is 0 Å². The number of aliphatic hydroxyl groups excluding tert-OH is 1. The van der Waals surface area contributed by atoms with Gasteiger partial charge in [-0.25, -0.2) is 4.79 Å². The molecule has 1 unspecified atom stereocenters. The van der Waals surface area contributed by atoms with Crippen LogP contribution in [0.4, 0.5) is 16.2 Å². The van der Waals surface area contributed by atoms with E-state index in [1.165, 1.54) is 11.3 Å². The minimum absolute atomic E-state index is 0.0540. The van der Waals surface area contributed by atoms with Crippen molar-refractivity contribution in [2.24, 2.45) is 0 Å². The Bertz CT molecular complexity index is 546. The normalized spacial score (nSPS) is 14.6. The Kier molecular flexibility index (Phi) is 6.87. The van der Waals surface area contributed by atoms with E-state index in [4.69, 9.17) is 0 Å². The molecule has 6 nitrogen and oxygen atoms in total. The Labute approximate surface area is 144 Å². The van der Waals surface area contributed by atoms with Crippen molar-refractivity contribution in [1.29, 1.82) is 0 Å². The van der Waals surface area contributed by atoms with E-state index in [0.29, 0.717) is 0 Å². The molecule has 2 rings (SSSR count). The lowest BCUT2D eigenvalue weighted by Gasteiger charge is -2.22. The number of carbonyl (C=O) groups excluding carboxylic acids is 1. The topological polar surface area (TPSA) is 67.8 Å². The van der Waals surface area contributed by atoms with Gasteiger partial charge in [0.2, 0.25) is 0 Å². The van der Waals surface area contributed by atoms with E-state index in [-0.39, 0.29) is 18.7 Å². The minimum atomic E-state index is -0.269. The van der Waals surface area contributed by atoms with E-state index in [0.717, 1.165) is 44.7 Å². The zero-order valence-electron chi connectivity index (χ0n) is 15.0. The number of likely N-dealkylation sites (N-methyl/N-ethyl adjacent to an activating group) is 1. The summed E-state index contributed by atoms with van der Waals surface area (Å²) < 4.78 is 0. The van der Waals surface area contributed by atoms with Gasteiger partial charge in [-0.1, -0.05) is 19.9 Å². The smallest absolute Gasteiger partial charge is 0.319 e. The summed E-state index contributed by atoms with van der Waals surface area (Å²) >= 11 is 0. The first-order chi connectivity index (χ1) is 11.6. The van der Waals surface area contributed by atoms with Gasteiger partial charge in [0.25, 0.3) is 0 Å². The number of nitrogens with one attached hydrogen (secondary N) is 2. The number of urea groups is 1. The summed E-state index contributed by atoms with van der Waals surface area (Å²) in [6, 6.07) is 5.50. The molecular weight excluding hydrogens is 304 g/mol. The quantitative estimate of drug-likeness (QED) is 0.679. The SMILES string of the molecule is CCN(CC)CCC(CO)NC(=O)Nc1ccc2c(c1)N(C)CC2. The fourth-order valence-corrected chi connectivity index (χ4v) is 3.06. The third-order valence-electron chi connectivity index (χ3n) is 4.71. The van der Waals surface area contributed by atoms with Crippen LogP contribution in [0.5, 0.6) is 0 Å². The molecule has 1 aromatic carbocycles. The van der Waals surface area contributed by atoms with Crippen molar-refractivity contribution in [3.8, 4) is 0 Å². The van der Waals surface area contributed by atoms with Crippen LogP contribution in [0.1, 0.15) is 25.8 Å². The van der Waals surface area contributed by atoms with Gasteiger partial charge in [0, 0.05) is 31.5 Å². The van der Waals surface area contributed by atoms with Crippen LogP contribution in [0.25, 0.3) is 0 Å². The first-order valence-corrected chi connectivity index (χ1v) is 8.82. The third-order valence-corrected chi connectivity index (χ3v) is 4.71. The second kappa shape index (κ2) is 8.89. The molecule has 0 spiro atoms. The van der Waals surface area contributed by atoms with Gasteiger partial charge in [0.1, 0.15) is 0 Å². The van der Waals surface area contributed by atoms with Crippen LogP contribution in [0.3, 0.4) is 0 Å². The van der Waals surface area contributed by atoms with Gasteiger partial charge in [-0.3, -0.25) is 0 Å². The highest BCUT2D eigenvalue weighted by atomic mass is 16.3. The molecular formula is C18H30N4O2. The van der Waals surface area contributed by atoms with Crippen molar-refractivity contribution < 1.29 is 9.90 Å². The van der Waals surface area contributed by atoms with Crippen molar-refractivity contribution in [1.82, 2.24) is 10.2 Å². The predicted octanol–water partition coefficient (Wildman–Crippen LogP) is 1.89. The summed E-state index contributed by atoms with van der Waals surface area (Å²) in [5, 5.41) is 15.2. The van der Waals surface area contributed by atoms with Gasteiger partial charge in [0.15, 0.2) is 0 Å². The van der Waals surface area contributed by atoms with Crippen LogP contribution in [0.2, 0.25) is 0 Å². The standard InChI is InChI=1S/C18H30N4O2/c1-4-22(5-2)11-9-16(13-23)20-18(24)19-15-7-6-14-8-10-21(3)17(14)12-15/h6-7,12,16,23H,4-5,8-11,13H2,1-3H3,(H2,19,20,24). The summed E-state index contributed by atoms with van der Waals surface area (Å²) in [6.07, 6.45) is 1.79. The Morgan fingerprint density at radius 3 is 2.79 bits per heavy atom. The first kappa shape index (κ1) is 18.5. The number of benzene rings is 1. The summed E-state index contributed by atoms with van der Waals surface area (Å²) in [6.45, 7) is 8.00. The fraction of sp³-hybridized carbons (Fsp3) is 0.611. The molecule has 0 fully saturated rings. The van der Waals surface area contributed by atoms with Crippen molar-refractivity contribution in [3.63, 3.8) is 0 Å². The van der Waals surface area contributed by atoms with Crippen LogP contribution in [-0.4, -0.2) is 61.9 Å². The Morgan fingerprint density at radius 1 is 1.38 bits per heavy atom. The van der Waals surface area contributed by atoms with Gasteiger partial charge in [-0.15, -0.1) is 0 Å². The highest BCUT2D eigenvalue weighted by Gasteiger charge is 2.17. The summed E-state index contributed by atoms with van der Waals surface area (Å²) in [5.41, 5.74) is 3.27. The van der Waals surface area contributed by atoms with Crippen LogP contribution >= 0.6 is 0 Å². The number of fused-ring (bicyclic) bond motifs is 1. The molecule has 2 amide bonds. The molecule has 1 atom stereocenters.